The van der Waals surface area contributed by atoms with Crippen LogP contribution in [0.2, 0.25) is 0 Å². The Morgan fingerprint density at radius 1 is 1.20 bits per heavy atom. The normalized spacial score (nSPS) is 10.2. The van der Waals surface area contributed by atoms with Gasteiger partial charge in [0.25, 0.3) is 5.91 Å². The molecule has 0 fully saturated rings. The number of benzene rings is 2. The maximum absolute atomic E-state index is 11.5. The quantitative estimate of drug-likeness (QED) is 0.727. The lowest BCUT2D eigenvalue weighted by Crippen LogP contribution is -2.13. The Labute approximate surface area is 117 Å². The number of hydrogen-bond acceptors (Lipinski definition) is 4. The summed E-state index contributed by atoms with van der Waals surface area (Å²) in [5.41, 5.74) is 14.5. The highest BCUT2D eigenvalue weighted by Crippen LogP contribution is 2.26. The second kappa shape index (κ2) is 6.08. The van der Waals surface area contributed by atoms with Gasteiger partial charge in [-0.1, -0.05) is 18.2 Å². The number of ether oxygens (including phenoxy) is 1. The number of anilines is 3. The molecule has 0 heterocycles. The van der Waals surface area contributed by atoms with Crippen LogP contribution in [0.25, 0.3) is 0 Å². The van der Waals surface area contributed by atoms with Gasteiger partial charge >= 0.3 is 0 Å². The van der Waals surface area contributed by atoms with Crippen LogP contribution >= 0.6 is 0 Å². The second-order valence-electron chi connectivity index (χ2n) is 4.38. The summed E-state index contributed by atoms with van der Waals surface area (Å²) in [4.78, 5) is 11.5. The molecule has 1 amide bonds. The predicted molar refractivity (Wildman–Crippen MR) is 79.8 cm³/mol. The van der Waals surface area contributed by atoms with Crippen molar-refractivity contribution in [2.45, 2.75) is 6.61 Å². The number of carbonyl (C=O) groups excluding carboxylic acids is 1. The smallest absolute Gasteiger partial charge is 0.250 e. The summed E-state index contributed by atoms with van der Waals surface area (Å²) < 4.78 is 5.15. The van der Waals surface area contributed by atoms with Gasteiger partial charge in [-0.2, -0.15) is 0 Å². The van der Waals surface area contributed by atoms with E-state index in [4.69, 9.17) is 16.2 Å². The molecule has 0 aliphatic rings. The van der Waals surface area contributed by atoms with Gasteiger partial charge in [0.1, 0.15) is 0 Å². The number of para-hydroxylation sites is 1. The van der Waals surface area contributed by atoms with Crippen LogP contribution in [-0.4, -0.2) is 13.0 Å². The Bertz CT molecular complexity index is 626. The van der Waals surface area contributed by atoms with E-state index in [2.05, 4.69) is 5.32 Å². The van der Waals surface area contributed by atoms with E-state index in [1.807, 2.05) is 24.3 Å². The summed E-state index contributed by atoms with van der Waals surface area (Å²) in [5.74, 6) is -0.503. The van der Waals surface area contributed by atoms with E-state index in [0.29, 0.717) is 23.5 Å². The summed E-state index contributed by atoms with van der Waals surface area (Å²) in [5, 5.41) is 3.19. The highest BCUT2D eigenvalue weighted by Gasteiger charge is 2.10. The van der Waals surface area contributed by atoms with Crippen molar-refractivity contribution in [2.24, 2.45) is 5.73 Å². The number of primary amides is 1. The van der Waals surface area contributed by atoms with Crippen molar-refractivity contribution >= 4 is 23.0 Å². The van der Waals surface area contributed by atoms with Crippen LogP contribution in [0.15, 0.2) is 42.5 Å². The van der Waals surface area contributed by atoms with Crippen LogP contribution in [-0.2, 0) is 11.3 Å². The van der Waals surface area contributed by atoms with Gasteiger partial charge in [0.2, 0.25) is 0 Å². The second-order valence-corrected chi connectivity index (χ2v) is 4.38. The molecule has 0 saturated heterocycles. The number of methoxy groups -OCH3 is 1. The van der Waals surface area contributed by atoms with Crippen molar-refractivity contribution in [3.05, 3.63) is 53.6 Å². The van der Waals surface area contributed by atoms with Gasteiger partial charge in [-0.25, -0.2) is 0 Å². The van der Waals surface area contributed by atoms with E-state index in [0.717, 1.165) is 11.3 Å². The molecule has 20 heavy (non-hydrogen) atoms. The molecule has 104 valence electrons. The Balaban J connectivity index is 2.39. The first-order valence-corrected chi connectivity index (χ1v) is 6.15. The Kier molecular flexibility index (Phi) is 4.22. The van der Waals surface area contributed by atoms with Crippen molar-refractivity contribution in [1.29, 1.82) is 0 Å². The largest absolute Gasteiger partial charge is 0.399 e. The van der Waals surface area contributed by atoms with Crippen LogP contribution in [0, 0.1) is 0 Å². The number of nitrogen functional groups attached to an aromatic ring is 1. The highest BCUT2D eigenvalue weighted by atomic mass is 16.5. The monoisotopic (exact) mass is 271 g/mol. The molecule has 5 heteroatoms. The fraction of sp³-hybridized carbons (Fsp3) is 0.133. The number of nitrogens with one attached hydrogen (secondary N) is 1. The third kappa shape index (κ3) is 3.07. The van der Waals surface area contributed by atoms with Gasteiger partial charge in [0.15, 0.2) is 0 Å². The first-order valence-electron chi connectivity index (χ1n) is 6.15. The molecule has 0 saturated carbocycles. The maximum Gasteiger partial charge on any atom is 0.250 e. The van der Waals surface area contributed by atoms with E-state index in [9.17, 15) is 4.79 Å². The van der Waals surface area contributed by atoms with E-state index in [-0.39, 0.29) is 0 Å². The predicted octanol–water partition coefficient (Wildman–Crippen LogP) is 2.26. The van der Waals surface area contributed by atoms with Crippen LogP contribution in [0.1, 0.15) is 15.9 Å². The summed E-state index contributed by atoms with van der Waals surface area (Å²) >= 11 is 0. The van der Waals surface area contributed by atoms with Crippen molar-refractivity contribution in [3.8, 4) is 0 Å². The molecule has 0 aromatic heterocycles. The molecular formula is C15H17N3O2. The van der Waals surface area contributed by atoms with Crippen LogP contribution in [0.4, 0.5) is 17.1 Å². The molecule has 5 N–H and O–H groups in total. The zero-order valence-electron chi connectivity index (χ0n) is 11.2. The van der Waals surface area contributed by atoms with Gasteiger partial charge in [-0.15, -0.1) is 0 Å². The average molecular weight is 271 g/mol. The van der Waals surface area contributed by atoms with Crippen LogP contribution in [0.3, 0.4) is 0 Å². The molecule has 5 nitrogen and oxygen atoms in total. The lowest BCUT2D eigenvalue weighted by atomic mass is 10.1. The molecule has 2 aromatic rings. The number of nitrogens with two attached hydrogens (primary N) is 2. The summed E-state index contributed by atoms with van der Waals surface area (Å²) in [6.07, 6.45) is 0. The van der Waals surface area contributed by atoms with Gasteiger partial charge in [0, 0.05) is 24.0 Å². The SMILES string of the molecule is COCc1ccccc1Nc1cc(N)ccc1C(N)=O. The molecule has 0 radical (unpaired) electrons. The molecule has 2 rings (SSSR count). The molecule has 0 bridgehead atoms. The molecule has 0 atom stereocenters. The van der Waals surface area contributed by atoms with E-state index in [1.54, 1.807) is 25.3 Å². The fourth-order valence-electron chi connectivity index (χ4n) is 1.95. The average Bonchev–Trinajstić information content (AvgIpc) is 2.41. The highest BCUT2D eigenvalue weighted by molar-refractivity contribution is 6.00. The number of carbonyl (C=O) groups is 1. The summed E-state index contributed by atoms with van der Waals surface area (Å²) in [6, 6.07) is 12.6. The Morgan fingerprint density at radius 2 is 1.95 bits per heavy atom. The minimum atomic E-state index is -0.503. The molecular weight excluding hydrogens is 254 g/mol. The van der Waals surface area contributed by atoms with Gasteiger partial charge in [-0.05, 0) is 24.3 Å². The topological polar surface area (TPSA) is 90.4 Å². The minimum absolute atomic E-state index is 0.395. The third-order valence-electron chi connectivity index (χ3n) is 2.90. The first kappa shape index (κ1) is 13.9. The minimum Gasteiger partial charge on any atom is -0.399 e. The van der Waals surface area contributed by atoms with Crippen molar-refractivity contribution in [3.63, 3.8) is 0 Å². The van der Waals surface area contributed by atoms with Crippen molar-refractivity contribution < 1.29 is 9.53 Å². The number of rotatable bonds is 5. The van der Waals surface area contributed by atoms with Gasteiger partial charge in [-0.3, -0.25) is 4.79 Å². The molecule has 0 aliphatic heterocycles. The molecule has 2 aromatic carbocycles. The lowest BCUT2D eigenvalue weighted by molar-refractivity contribution is 0.100. The maximum atomic E-state index is 11.5. The van der Waals surface area contributed by atoms with Gasteiger partial charge in [0.05, 0.1) is 17.9 Å². The van der Waals surface area contributed by atoms with Gasteiger partial charge < -0.3 is 21.5 Å². The van der Waals surface area contributed by atoms with Crippen LogP contribution < -0.4 is 16.8 Å². The summed E-state index contributed by atoms with van der Waals surface area (Å²) in [7, 11) is 1.63. The number of hydrogen-bond donors (Lipinski definition) is 3. The third-order valence-corrected chi connectivity index (χ3v) is 2.90. The van der Waals surface area contributed by atoms with E-state index < -0.39 is 5.91 Å². The molecule has 0 spiro atoms. The fourth-order valence-corrected chi connectivity index (χ4v) is 1.95. The lowest BCUT2D eigenvalue weighted by Gasteiger charge is -2.14. The van der Waals surface area contributed by atoms with Crippen molar-refractivity contribution in [1.82, 2.24) is 0 Å². The number of amides is 1. The van der Waals surface area contributed by atoms with Crippen molar-refractivity contribution in [2.75, 3.05) is 18.2 Å². The first-order chi connectivity index (χ1) is 9.61. The molecule has 0 aliphatic carbocycles. The Hall–Kier alpha value is -2.53. The zero-order valence-corrected chi connectivity index (χ0v) is 11.2. The zero-order chi connectivity index (χ0) is 14.5. The van der Waals surface area contributed by atoms with E-state index in [1.165, 1.54) is 0 Å². The summed E-state index contributed by atoms with van der Waals surface area (Å²) in [6.45, 7) is 0.470. The standard InChI is InChI=1S/C15H17N3O2/c1-20-9-10-4-2-3-5-13(10)18-14-8-11(16)6-7-12(14)15(17)19/h2-8,18H,9,16H2,1H3,(H2,17,19). The molecule has 0 unspecified atom stereocenters. The Morgan fingerprint density at radius 3 is 2.65 bits per heavy atom. The van der Waals surface area contributed by atoms with E-state index >= 15 is 0 Å². The van der Waals surface area contributed by atoms with Crippen LogP contribution in [0.5, 0.6) is 0 Å².